The molecular formula is C23H24N4. The first-order valence-electron chi connectivity index (χ1n) is 9.41. The average Bonchev–Trinajstić information content (AvgIpc) is 2.88. The molecule has 1 aliphatic rings. The zero-order chi connectivity index (χ0) is 19.0. The molecule has 1 heterocycles. The maximum Gasteiger partial charge on any atom is 0.222 e. The SMILES string of the molecule is CCCc1ccc2c(c1-c1cc3nc(N)nc(N)c3cc1C)C=CCC=C2. The van der Waals surface area contributed by atoms with E-state index in [-0.39, 0.29) is 5.95 Å². The highest BCUT2D eigenvalue weighted by atomic mass is 15.0. The number of fused-ring (bicyclic) bond motifs is 2. The molecule has 0 spiro atoms. The monoisotopic (exact) mass is 356 g/mol. The zero-order valence-electron chi connectivity index (χ0n) is 15.8. The predicted molar refractivity (Wildman–Crippen MR) is 115 cm³/mol. The summed E-state index contributed by atoms with van der Waals surface area (Å²) in [4.78, 5) is 8.52. The number of allylic oxidation sites excluding steroid dienone is 2. The van der Waals surface area contributed by atoms with Crippen LogP contribution < -0.4 is 11.5 Å². The van der Waals surface area contributed by atoms with Gasteiger partial charge in [0, 0.05) is 5.39 Å². The molecular weight excluding hydrogens is 332 g/mol. The van der Waals surface area contributed by atoms with E-state index in [1.807, 2.05) is 0 Å². The molecule has 1 aromatic heterocycles. The third kappa shape index (κ3) is 3.08. The Hall–Kier alpha value is -3.14. The van der Waals surface area contributed by atoms with Crippen LogP contribution in [0.3, 0.4) is 0 Å². The van der Waals surface area contributed by atoms with Crippen LogP contribution >= 0.6 is 0 Å². The summed E-state index contributed by atoms with van der Waals surface area (Å²) in [6.07, 6.45) is 12.0. The second-order valence-electron chi connectivity index (χ2n) is 7.04. The van der Waals surface area contributed by atoms with Crippen molar-refractivity contribution in [3.63, 3.8) is 0 Å². The summed E-state index contributed by atoms with van der Waals surface area (Å²) in [6, 6.07) is 8.67. The molecule has 0 amide bonds. The van der Waals surface area contributed by atoms with Crippen molar-refractivity contribution in [2.45, 2.75) is 33.1 Å². The number of rotatable bonds is 3. The van der Waals surface area contributed by atoms with Crippen molar-refractivity contribution in [1.82, 2.24) is 9.97 Å². The van der Waals surface area contributed by atoms with Crippen molar-refractivity contribution in [1.29, 1.82) is 0 Å². The van der Waals surface area contributed by atoms with Gasteiger partial charge in [-0.05, 0) is 65.3 Å². The van der Waals surface area contributed by atoms with Crippen molar-refractivity contribution in [3.8, 4) is 11.1 Å². The van der Waals surface area contributed by atoms with Gasteiger partial charge in [-0.15, -0.1) is 0 Å². The lowest BCUT2D eigenvalue weighted by Crippen LogP contribution is -2.02. The van der Waals surface area contributed by atoms with Crippen molar-refractivity contribution < 1.29 is 0 Å². The number of hydrogen-bond acceptors (Lipinski definition) is 4. The Kier molecular flexibility index (Phi) is 4.40. The Morgan fingerprint density at radius 3 is 2.67 bits per heavy atom. The summed E-state index contributed by atoms with van der Waals surface area (Å²) in [5, 5.41) is 0.847. The van der Waals surface area contributed by atoms with Gasteiger partial charge in [-0.25, -0.2) is 4.98 Å². The van der Waals surface area contributed by atoms with E-state index in [1.165, 1.54) is 27.8 Å². The molecule has 0 fully saturated rings. The van der Waals surface area contributed by atoms with Crippen LogP contribution in [0.2, 0.25) is 0 Å². The van der Waals surface area contributed by atoms with Gasteiger partial charge in [0.05, 0.1) is 5.52 Å². The highest BCUT2D eigenvalue weighted by Gasteiger charge is 2.17. The van der Waals surface area contributed by atoms with E-state index < -0.39 is 0 Å². The van der Waals surface area contributed by atoms with Crippen molar-refractivity contribution in [2.75, 3.05) is 11.5 Å². The Balaban J connectivity index is 2.05. The van der Waals surface area contributed by atoms with E-state index in [4.69, 9.17) is 11.5 Å². The number of aryl methyl sites for hydroxylation is 2. The van der Waals surface area contributed by atoms with E-state index in [9.17, 15) is 0 Å². The number of benzene rings is 2. The Bertz CT molecular complexity index is 1090. The molecule has 0 saturated heterocycles. The minimum atomic E-state index is 0.207. The largest absolute Gasteiger partial charge is 0.383 e. The molecule has 4 N–H and O–H groups in total. The lowest BCUT2D eigenvalue weighted by Gasteiger charge is -2.18. The summed E-state index contributed by atoms with van der Waals surface area (Å²) in [5.41, 5.74) is 20.2. The lowest BCUT2D eigenvalue weighted by atomic mass is 9.86. The highest BCUT2D eigenvalue weighted by Crippen LogP contribution is 2.38. The lowest BCUT2D eigenvalue weighted by molar-refractivity contribution is 0.923. The fourth-order valence-corrected chi connectivity index (χ4v) is 3.86. The number of nitrogen functional groups attached to an aromatic ring is 2. The summed E-state index contributed by atoms with van der Waals surface area (Å²) in [5.74, 6) is 0.633. The molecule has 0 radical (unpaired) electrons. The molecule has 1 aliphatic carbocycles. The molecule has 2 aromatic carbocycles. The minimum absolute atomic E-state index is 0.207. The fourth-order valence-electron chi connectivity index (χ4n) is 3.86. The van der Waals surface area contributed by atoms with Crippen LogP contribution in [0, 0.1) is 6.92 Å². The highest BCUT2D eigenvalue weighted by molar-refractivity contribution is 5.95. The third-order valence-corrected chi connectivity index (χ3v) is 5.10. The zero-order valence-corrected chi connectivity index (χ0v) is 15.8. The van der Waals surface area contributed by atoms with Gasteiger partial charge in [0.2, 0.25) is 5.95 Å². The first kappa shape index (κ1) is 17.3. The molecule has 3 aromatic rings. The van der Waals surface area contributed by atoms with Crippen LogP contribution in [0.5, 0.6) is 0 Å². The predicted octanol–water partition coefficient (Wildman–Crippen LogP) is 5.15. The number of nitrogens with two attached hydrogens (primary N) is 2. The molecule has 0 atom stereocenters. The maximum absolute atomic E-state index is 6.07. The molecule has 4 heteroatoms. The maximum atomic E-state index is 6.07. The van der Waals surface area contributed by atoms with E-state index >= 15 is 0 Å². The second kappa shape index (κ2) is 6.88. The molecule has 27 heavy (non-hydrogen) atoms. The fraction of sp³-hybridized carbons (Fsp3) is 0.217. The van der Waals surface area contributed by atoms with Crippen LogP contribution in [-0.2, 0) is 6.42 Å². The minimum Gasteiger partial charge on any atom is -0.383 e. The quantitative estimate of drug-likeness (QED) is 0.680. The van der Waals surface area contributed by atoms with Crippen LogP contribution in [0.25, 0.3) is 34.2 Å². The number of aromatic nitrogens is 2. The van der Waals surface area contributed by atoms with Gasteiger partial charge in [0.25, 0.3) is 0 Å². The standard InChI is InChI=1S/C23H24N4/c1-3-7-16-11-10-15-8-5-4-6-9-17(15)21(16)18-13-20-19(12-14(18)2)22(24)27-23(25)26-20/h5-6,8-13H,3-4,7H2,1-2H3,(H4,24,25,26,27). The Morgan fingerprint density at radius 2 is 1.85 bits per heavy atom. The topological polar surface area (TPSA) is 77.8 Å². The number of anilines is 2. The van der Waals surface area contributed by atoms with Gasteiger partial charge in [-0.2, -0.15) is 4.98 Å². The van der Waals surface area contributed by atoms with Gasteiger partial charge in [-0.3, -0.25) is 0 Å². The van der Waals surface area contributed by atoms with E-state index in [2.05, 4.69) is 72.4 Å². The van der Waals surface area contributed by atoms with Gasteiger partial charge in [-0.1, -0.05) is 49.8 Å². The van der Waals surface area contributed by atoms with Crippen LogP contribution in [0.4, 0.5) is 11.8 Å². The molecule has 0 bridgehead atoms. The van der Waals surface area contributed by atoms with Gasteiger partial charge >= 0.3 is 0 Å². The summed E-state index contributed by atoms with van der Waals surface area (Å²) < 4.78 is 0. The van der Waals surface area contributed by atoms with Crippen molar-refractivity contribution in [3.05, 3.63) is 58.7 Å². The molecule has 0 unspecified atom stereocenters. The van der Waals surface area contributed by atoms with Crippen LogP contribution in [0.1, 0.15) is 42.0 Å². The van der Waals surface area contributed by atoms with Crippen LogP contribution in [-0.4, -0.2) is 9.97 Å². The van der Waals surface area contributed by atoms with E-state index in [1.54, 1.807) is 0 Å². The Morgan fingerprint density at radius 1 is 1.04 bits per heavy atom. The summed E-state index contributed by atoms with van der Waals surface area (Å²) in [6.45, 7) is 4.34. The van der Waals surface area contributed by atoms with Gasteiger partial charge in [0.1, 0.15) is 5.82 Å². The van der Waals surface area contributed by atoms with Crippen LogP contribution in [0.15, 0.2) is 36.4 Å². The van der Waals surface area contributed by atoms with Crippen molar-refractivity contribution in [2.24, 2.45) is 0 Å². The number of nitrogens with zero attached hydrogens (tertiary/aromatic N) is 2. The first-order chi connectivity index (χ1) is 13.1. The average molecular weight is 356 g/mol. The molecule has 0 saturated carbocycles. The second-order valence-corrected chi connectivity index (χ2v) is 7.04. The normalized spacial score (nSPS) is 13.0. The summed E-state index contributed by atoms with van der Waals surface area (Å²) >= 11 is 0. The molecule has 4 nitrogen and oxygen atoms in total. The third-order valence-electron chi connectivity index (χ3n) is 5.10. The molecule has 136 valence electrons. The molecule has 0 aliphatic heterocycles. The summed E-state index contributed by atoms with van der Waals surface area (Å²) in [7, 11) is 0. The van der Waals surface area contributed by atoms with Crippen molar-refractivity contribution >= 4 is 34.8 Å². The molecule has 4 rings (SSSR count). The van der Waals surface area contributed by atoms with E-state index in [0.29, 0.717) is 5.82 Å². The number of hydrogen-bond donors (Lipinski definition) is 2. The van der Waals surface area contributed by atoms with Gasteiger partial charge < -0.3 is 11.5 Å². The Labute approximate surface area is 159 Å². The van der Waals surface area contributed by atoms with Gasteiger partial charge in [0.15, 0.2) is 0 Å². The smallest absolute Gasteiger partial charge is 0.222 e. The first-order valence-corrected chi connectivity index (χ1v) is 9.41. The van der Waals surface area contributed by atoms with E-state index in [0.717, 1.165) is 35.7 Å².